The van der Waals surface area contributed by atoms with Crippen LogP contribution in [-0.4, -0.2) is 24.2 Å². The predicted octanol–water partition coefficient (Wildman–Crippen LogP) is 4.07. The zero-order chi connectivity index (χ0) is 17.3. The van der Waals surface area contributed by atoms with E-state index in [-0.39, 0.29) is 5.25 Å². The molecule has 3 rings (SSSR count). The van der Waals surface area contributed by atoms with Crippen molar-refractivity contribution in [1.82, 2.24) is 14.8 Å². The zero-order valence-electron chi connectivity index (χ0n) is 15.0. The standard InChI is InChI=1S/C19H27N3OS/c1-13(2)18(14(3)4)24(23)12-17-20-21-19(15-10-11-15)22(17)16-8-6-5-7-9-16/h5-9,13-15,18H,10-12H2,1-4H3. The molecule has 2 aromatic rings. The van der Waals surface area contributed by atoms with Crippen LogP contribution < -0.4 is 0 Å². The lowest BCUT2D eigenvalue weighted by Crippen LogP contribution is -2.29. The maximum Gasteiger partial charge on any atom is 0.150 e. The number of para-hydroxylation sites is 1. The molecular formula is C19H27N3OS. The van der Waals surface area contributed by atoms with Gasteiger partial charge in [-0.2, -0.15) is 0 Å². The predicted molar refractivity (Wildman–Crippen MR) is 98.6 cm³/mol. The minimum atomic E-state index is -0.956. The molecule has 1 aliphatic rings. The van der Waals surface area contributed by atoms with Crippen molar-refractivity contribution in [2.45, 2.75) is 57.5 Å². The average molecular weight is 346 g/mol. The molecule has 1 atom stereocenters. The first-order valence-electron chi connectivity index (χ1n) is 8.85. The normalized spacial score (nSPS) is 16.3. The van der Waals surface area contributed by atoms with Crippen LogP contribution in [0.5, 0.6) is 0 Å². The summed E-state index contributed by atoms with van der Waals surface area (Å²) < 4.78 is 15.1. The molecule has 0 radical (unpaired) electrons. The summed E-state index contributed by atoms with van der Waals surface area (Å²) in [7, 11) is -0.956. The van der Waals surface area contributed by atoms with Crippen molar-refractivity contribution in [2.75, 3.05) is 0 Å². The van der Waals surface area contributed by atoms with Crippen molar-refractivity contribution in [1.29, 1.82) is 0 Å². The summed E-state index contributed by atoms with van der Waals surface area (Å²) in [5.41, 5.74) is 1.07. The average Bonchev–Trinajstić information content (AvgIpc) is 3.29. The fourth-order valence-corrected chi connectivity index (χ4v) is 5.34. The Morgan fingerprint density at radius 1 is 1.08 bits per heavy atom. The minimum Gasteiger partial charge on any atom is -0.282 e. The third kappa shape index (κ3) is 3.61. The first kappa shape index (κ1) is 17.3. The molecule has 24 heavy (non-hydrogen) atoms. The number of nitrogens with zero attached hydrogens (tertiary/aromatic N) is 3. The van der Waals surface area contributed by atoms with Crippen molar-refractivity contribution in [3.05, 3.63) is 42.0 Å². The van der Waals surface area contributed by atoms with Gasteiger partial charge in [-0.3, -0.25) is 8.78 Å². The van der Waals surface area contributed by atoms with Crippen LogP contribution in [0.4, 0.5) is 0 Å². The molecule has 0 N–H and O–H groups in total. The first-order chi connectivity index (χ1) is 11.5. The maximum atomic E-state index is 13.0. The summed E-state index contributed by atoms with van der Waals surface area (Å²) in [6.07, 6.45) is 2.35. The SMILES string of the molecule is CC(C)C(C(C)C)S(=O)Cc1nnc(C2CC2)n1-c1ccccc1. The van der Waals surface area contributed by atoms with Gasteiger partial charge in [0, 0.05) is 27.7 Å². The van der Waals surface area contributed by atoms with Crippen LogP contribution in [0.1, 0.15) is 58.1 Å². The highest BCUT2D eigenvalue weighted by Gasteiger charge is 2.32. The Morgan fingerprint density at radius 3 is 2.25 bits per heavy atom. The summed E-state index contributed by atoms with van der Waals surface area (Å²) in [4.78, 5) is 0. The van der Waals surface area contributed by atoms with E-state index in [0.717, 1.165) is 17.3 Å². The van der Waals surface area contributed by atoms with E-state index in [4.69, 9.17) is 0 Å². The zero-order valence-corrected chi connectivity index (χ0v) is 15.8. The van der Waals surface area contributed by atoms with E-state index < -0.39 is 10.8 Å². The molecule has 1 aliphatic carbocycles. The molecule has 0 spiro atoms. The van der Waals surface area contributed by atoms with E-state index in [1.807, 2.05) is 18.2 Å². The molecule has 1 saturated carbocycles. The second kappa shape index (κ2) is 7.18. The van der Waals surface area contributed by atoms with Gasteiger partial charge in [0.15, 0.2) is 0 Å². The number of hydrogen-bond acceptors (Lipinski definition) is 3. The molecule has 0 saturated heterocycles. The minimum absolute atomic E-state index is 0.176. The quantitative estimate of drug-likeness (QED) is 0.760. The topological polar surface area (TPSA) is 47.8 Å². The van der Waals surface area contributed by atoms with Crippen molar-refractivity contribution in [2.24, 2.45) is 11.8 Å². The van der Waals surface area contributed by atoms with Crippen molar-refractivity contribution in [3.8, 4) is 5.69 Å². The van der Waals surface area contributed by atoms with Crippen LogP contribution >= 0.6 is 0 Å². The number of rotatable bonds is 7. The smallest absolute Gasteiger partial charge is 0.150 e. The Morgan fingerprint density at radius 2 is 1.71 bits per heavy atom. The molecule has 0 aliphatic heterocycles. The Balaban J connectivity index is 1.93. The lowest BCUT2D eigenvalue weighted by atomic mass is 10.0. The molecule has 1 heterocycles. The summed E-state index contributed by atoms with van der Waals surface area (Å²) in [6.45, 7) is 8.61. The van der Waals surface area contributed by atoms with E-state index >= 15 is 0 Å². The van der Waals surface area contributed by atoms with E-state index in [1.54, 1.807) is 0 Å². The number of hydrogen-bond donors (Lipinski definition) is 0. The number of benzene rings is 1. The second-order valence-electron chi connectivity index (χ2n) is 7.40. The highest BCUT2D eigenvalue weighted by molar-refractivity contribution is 7.84. The van der Waals surface area contributed by atoms with Crippen LogP contribution in [0.2, 0.25) is 0 Å². The van der Waals surface area contributed by atoms with Gasteiger partial charge >= 0.3 is 0 Å². The largest absolute Gasteiger partial charge is 0.282 e. The maximum absolute atomic E-state index is 13.0. The third-order valence-corrected chi connectivity index (χ3v) is 6.84. The van der Waals surface area contributed by atoms with Gasteiger partial charge in [-0.1, -0.05) is 45.9 Å². The molecule has 1 aromatic heterocycles. The Kier molecular flexibility index (Phi) is 5.18. The monoisotopic (exact) mass is 345 g/mol. The van der Waals surface area contributed by atoms with E-state index in [9.17, 15) is 4.21 Å². The second-order valence-corrected chi connectivity index (χ2v) is 8.99. The molecule has 5 heteroatoms. The first-order valence-corrected chi connectivity index (χ1v) is 10.2. The molecule has 130 valence electrons. The number of aromatic nitrogens is 3. The Labute approximate surface area is 147 Å². The van der Waals surface area contributed by atoms with Crippen LogP contribution in [0.25, 0.3) is 5.69 Å². The highest BCUT2D eigenvalue weighted by atomic mass is 32.2. The van der Waals surface area contributed by atoms with Gasteiger partial charge in [0.2, 0.25) is 0 Å². The van der Waals surface area contributed by atoms with E-state index in [2.05, 4.69) is 54.6 Å². The molecule has 4 nitrogen and oxygen atoms in total. The fourth-order valence-electron chi connectivity index (χ4n) is 3.49. The van der Waals surface area contributed by atoms with Gasteiger partial charge in [-0.25, -0.2) is 0 Å². The Hall–Kier alpha value is -1.49. The fraction of sp³-hybridized carbons (Fsp3) is 0.579. The summed E-state index contributed by atoms with van der Waals surface area (Å²) in [5, 5.41) is 9.03. The van der Waals surface area contributed by atoms with Crippen LogP contribution in [-0.2, 0) is 16.6 Å². The van der Waals surface area contributed by atoms with E-state index in [1.165, 1.54) is 12.8 Å². The van der Waals surface area contributed by atoms with Crippen molar-refractivity contribution < 1.29 is 4.21 Å². The van der Waals surface area contributed by atoms with Crippen molar-refractivity contribution >= 4 is 10.8 Å². The van der Waals surface area contributed by atoms with Gasteiger partial charge in [-0.15, -0.1) is 10.2 Å². The molecule has 0 amide bonds. The molecular weight excluding hydrogens is 318 g/mol. The van der Waals surface area contributed by atoms with E-state index in [0.29, 0.717) is 23.5 Å². The van der Waals surface area contributed by atoms with Gasteiger partial charge in [0.25, 0.3) is 0 Å². The lowest BCUT2D eigenvalue weighted by Gasteiger charge is -2.24. The van der Waals surface area contributed by atoms with Crippen LogP contribution in [0, 0.1) is 11.8 Å². The molecule has 1 unspecified atom stereocenters. The summed E-state index contributed by atoms with van der Waals surface area (Å²) in [6, 6.07) is 10.2. The van der Waals surface area contributed by atoms with Gasteiger partial charge in [0.05, 0.1) is 5.75 Å². The lowest BCUT2D eigenvalue weighted by molar-refractivity contribution is 0.472. The van der Waals surface area contributed by atoms with Gasteiger partial charge in [0.1, 0.15) is 11.6 Å². The van der Waals surface area contributed by atoms with Crippen LogP contribution in [0.3, 0.4) is 0 Å². The Bertz CT molecular complexity index is 697. The highest BCUT2D eigenvalue weighted by Crippen LogP contribution is 2.40. The van der Waals surface area contributed by atoms with Crippen LogP contribution in [0.15, 0.2) is 30.3 Å². The molecule has 0 bridgehead atoms. The van der Waals surface area contributed by atoms with Crippen molar-refractivity contribution in [3.63, 3.8) is 0 Å². The summed E-state index contributed by atoms with van der Waals surface area (Å²) >= 11 is 0. The molecule has 1 fully saturated rings. The molecule has 1 aromatic carbocycles. The summed E-state index contributed by atoms with van der Waals surface area (Å²) in [5.74, 6) is 3.61. The van der Waals surface area contributed by atoms with Gasteiger partial charge in [-0.05, 0) is 36.8 Å². The third-order valence-electron chi connectivity index (χ3n) is 4.60. The van der Waals surface area contributed by atoms with Gasteiger partial charge < -0.3 is 0 Å².